The summed E-state index contributed by atoms with van der Waals surface area (Å²) in [5.41, 5.74) is 0. The minimum atomic E-state index is -4.49. The van der Waals surface area contributed by atoms with Crippen LogP contribution in [0.25, 0.3) is 0 Å². The Balaban J connectivity index is 2.48. The first-order valence-corrected chi connectivity index (χ1v) is 4.61. The van der Waals surface area contributed by atoms with E-state index in [-0.39, 0.29) is 13.1 Å². The fraction of sp³-hybridized carbons (Fsp3) is 0.750. The number of carbonyl (C=O) groups excluding carboxylic acids is 1. The zero-order valence-corrected chi connectivity index (χ0v) is 6.90. The van der Waals surface area contributed by atoms with E-state index >= 15 is 0 Å². The van der Waals surface area contributed by atoms with Gasteiger partial charge in [0.2, 0.25) is 0 Å². The summed E-state index contributed by atoms with van der Waals surface area (Å²) in [5, 5.41) is -1.82. The molecule has 0 spiro atoms. The summed E-state index contributed by atoms with van der Waals surface area (Å²) in [5.74, 6) is 0. The molecule has 4 nitrogen and oxygen atoms in total. The Hall–Kier alpha value is -0.360. The normalized spacial score (nSPS) is 19.6. The third kappa shape index (κ3) is 1.81. The summed E-state index contributed by atoms with van der Waals surface area (Å²) >= 11 is 4.96. The monoisotopic (exact) mass is 201 g/mol. The van der Waals surface area contributed by atoms with Crippen LogP contribution in [-0.2, 0) is 10.2 Å². The average Bonchev–Trinajstić information content (AvgIpc) is 1.51. The van der Waals surface area contributed by atoms with Crippen molar-refractivity contribution >= 4 is 27.2 Å². The van der Waals surface area contributed by atoms with E-state index in [9.17, 15) is 17.1 Å². The highest BCUT2D eigenvalue weighted by atomic mass is 35.5. The Morgan fingerprint density at radius 2 is 2.00 bits per heavy atom. The molecule has 0 aromatic carbocycles. The van der Waals surface area contributed by atoms with Gasteiger partial charge in [0, 0.05) is 13.1 Å². The quantitative estimate of drug-likeness (QED) is 0.454. The van der Waals surface area contributed by atoms with Crippen LogP contribution >= 0.6 is 11.6 Å². The van der Waals surface area contributed by atoms with Crippen molar-refractivity contribution in [3.63, 3.8) is 0 Å². The van der Waals surface area contributed by atoms with E-state index in [1.807, 2.05) is 0 Å². The number of hydrogen-bond acceptors (Lipinski definition) is 3. The maximum absolute atomic E-state index is 12.1. The molecule has 0 N–H and O–H groups in total. The zero-order chi connectivity index (χ0) is 8.65. The van der Waals surface area contributed by atoms with Crippen molar-refractivity contribution in [2.75, 3.05) is 13.1 Å². The van der Waals surface area contributed by atoms with Crippen molar-refractivity contribution in [3.05, 3.63) is 0 Å². The van der Waals surface area contributed by atoms with Gasteiger partial charge in [-0.05, 0) is 11.6 Å². The van der Waals surface area contributed by atoms with Crippen molar-refractivity contribution < 1.29 is 17.1 Å². The van der Waals surface area contributed by atoms with Crippen LogP contribution in [-0.4, -0.2) is 37.0 Å². The molecule has 0 aliphatic carbocycles. The Morgan fingerprint density at radius 1 is 1.55 bits per heavy atom. The Bertz CT molecular complexity index is 271. The topological polar surface area (TPSA) is 54.5 Å². The van der Waals surface area contributed by atoms with Crippen LogP contribution in [0.15, 0.2) is 0 Å². The van der Waals surface area contributed by atoms with Crippen LogP contribution in [0.2, 0.25) is 0 Å². The second-order valence-electron chi connectivity index (χ2n) is 2.26. The van der Waals surface area contributed by atoms with Crippen LogP contribution in [0.3, 0.4) is 0 Å². The number of rotatable bonds is 1. The van der Waals surface area contributed by atoms with Gasteiger partial charge in [-0.25, -0.2) is 0 Å². The van der Waals surface area contributed by atoms with Gasteiger partial charge in [-0.2, -0.15) is 8.42 Å². The lowest BCUT2D eigenvalue weighted by Gasteiger charge is -2.34. The molecule has 1 saturated heterocycles. The molecule has 7 heteroatoms. The van der Waals surface area contributed by atoms with Crippen molar-refractivity contribution in [1.82, 2.24) is 4.90 Å². The van der Waals surface area contributed by atoms with Crippen LogP contribution in [0.1, 0.15) is 0 Å². The maximum atomic E-state index is 12.1. The van der Waals surface area contributed by atoms with Crippen LogP contribution in [0, 0.1) is 0 Å². The van der Waals surface area contributed by atoms with E-state index in [0.29, 0.717) is 0 Å². The second kappa shape index (κ2) is 2.60. The number of likely N-dealkylation sites (tertiary alicyclic amines) is 1. The van der Waals surface area contributed by atoms with E-state index in [1.165, 1.54) is 0 Å². The van der Waals surface area contributed by atoms with Gasteiger partial charge in [-0.15, -0.1) is 3.89 Å². The summed E-state index contributed by atoms with van der Waals surface area (Å²) in [4.78, 5) is 11.3. The molecule has 0 atom stereocenters. The summed E-state index contributed by atoms with van der Waals surface area (Å²) in [6.45, 7) is -0.275. The molecule has 64 valence electrons. The highest BCUT2D eigenvalue weighted by Crippen LogP contribution is 2.18. The minimum Gasteiger partial charge on any atom is -0.326 e. The SMILES string of the molecule is O=C(Cl)N1CC(S(=O)(=O)F)C1. The Labute approximate surface area is 68.1 Å². The van der Waals surface area contributed by atoms with Gasteiger partial charge in [0.25, 0.3) is 0 Å². The molecular weight excluding hydrogens is 197 g/mol. The molecule has 0 saturated carbocycles. The first-order valence-electron chi connectivity index (χ1n) is 2.79. The molecule has 11 heavy (non-hydrogen) atoms. The van der Waals surface area contributed by atoms with Crippen LogP contribution in [0.4, 0.5) is 8.68 Å². The molecule has 0 aromatic rings. The summed E-state index contributed by atoms with van der Waals surface area (Å²) < 4.78 is 32.3. The number of amides is 1. The van der Waals surface area contributed by atoms with E-state index in [4.69, 9.17) is 11.6 Å². The third-order valence-corrected chi connectivity index (χ3v) is 2.83. The van der Waals surface area contributed by atoms with Crippen LogP contribution < -0.4 is 0 Å². The lowest BCUT2D eigenvalue weighted by Crippen LogP contribution is -2.54. The predicted molar refractivity (Wildman–Crippen MR) is 36.6 cm³/mol. The first-order chi connectivity index (χ1) is 4.91. The molecule has 1 fully saturated rings. The second-order valence-corrected chi connectivity index (χ2v) is 4.20. The van der Waals surface area contributed by atoms with Gasteiger partial charge in [-0.3, -0.25) is 4.79 Å². The molecule has 1 heterocycles. The molecule has 0 aromatic heterocycles. The van der Waals surface area contributed by atoms with Crippen molar-refractivity contribution in [2.24, 2.45) is 0 Å². The molecule has 1 aliphatic rings. The highest BCUT2D eigenvalue weighted by Gasteiger charge is 2.39. The zero-order valence-electron chi connectivity index (χ0n) is 5.33. The smallest absolute Gasteiger partial charge is 0.316 e. The van der Waals surface area contributed by atoms with Crippen molar-refractivity contribution in [1.29, 1.82) is 0 Å². The molecule has 1 aliphatic heterocycles. The first kappa shape index (κ1) is 8.73. The summed E-state index contributed by atoms with van der Waals surface area (Å²) in [7, 11) is -4.49. The van der Waals surface area contributed by atoms with Gasteiger partial charge in [0.15, 0.2) is 0 Å². The largest absolute Gasteiger partial charge is 0.326 e. The lowest BCUT2D eigenvalue weighted by atomic mass is 10.2. The molecule has 1 amide bonds. The van der Waals surface area contributed by atoms with E-state index in [0.717, 1.165) is 4.90 Å². The van der Waals surface area contributed by atoms with Gasteiger partial charge >= 0.3 is 15.6 Å². The van der Waals surface area contributed by atoms with Gasteiger partial charge < -0.3 is 4.90 Å². The summed E-state index contributed by atoms with van der Waals surface area (Å²) in [6, 6.07) is 0. The Morgan fingerprint density at radius 3 is 2.27 bits per heavy atom. The van der Waals surface area contributed by atoms with Crippen molar-refractivity contribution in [2.45, 2.75) is 5.25 Å². The Kier molecular flexibility index (Phi) is 2.06. The third-order valence-electron chi connectivity index (χ3n) is 1.49. The predicted octanol–water partition coefficient (Wildman–Crippen LogP) is 0.329. The standard InChI is InChI=1S/C4H5ClFNO3S/c5-4(8)7-1-3(2-7)11(6,9)10/h3H,1-2H2. The molecule has 0 radical (unpaired) electrons. The average molecular weight is 202 g/mol. The van der Waals surface area contributed by atoms with Gasteiger partial charge in [0.1, 0.15) is 5.25 Å². The molecule has 0 unspecified atom stereocenters. The molecule has 0 bridgehead atoms. The van der Waals surface area contributed by atoms with Gasteiger partial charge in [0.05, 0.1) is 0 Å². The van der Waals surface area contributed by atoms with E-state index < -0.39 is 20.8 Å². The number of halogens is 2. The number of carbonyl (C=O) groups is 1. The summed E-state index contributed by atoms with van der Waals surface area (Å²) in [6.07, 6.45) is 0. The van der Waals surface area contributed by atoms with E-state index in [1.54, 1.807) is 0 Å². The lowest BCUT2D eigenvalue weighted by molar-refractivity contribution is 0.191. The van der Waals surface area contributed by atoms with Crippen molar-refractivity contribution in [3.8, 4) is 0 Å². The fourth-order valence-corrected chi connectivity index (χ4v) is 1.61. The maximum Gasteiger partial charge on any atom is 0.316 e. The molecule has 1 rings (SSSR count). The fourth-order valence-electron chi connectivity index (χ4n) is 0.760. The number of hydrogen-bond donors (Lipinski definition) is 0. The molecular formula is C4H5ClFNO3S. The minimum absolute atomic E-state index is 0.138. The van der Waals surface area contributed by atoms with Gasteiger partial charge in [-0.1, -0.05) is 0 Å². The highest BCUT2D eigenvalue weighted by molar-refractivity contribution is 7.87. The van der Waals surface area contributed by atoms with E-state index in [2.05, 4.69) is 0 Å². The number of nitrogens with zero attached hydrogens (tertiary/aromatic N) is 1. The van der Waals surface area contributed by atoms with Crippen LogP contribution in [0.5, 0.6) is 0 Å².